The summed E-state index contributed by atoms with van der Waals surface area (Å²) in [6, 6.07) is 13.9. The number of nitrogens with one attached hydrogen (secondary N) is 1. The van der Waals surface area contributed by atoms with Gasteiger partial charge in [-0.3, -0.25) is 20.2 Å². The van der Waals surface area contributed by atoms with Crippen molar-refractivity contribution in [1.82, 2.24) is 10.2 Å². The second kappa shape index (κ2) is 9.82. The average molecular weight is 499 g/mol. The van der Waals surface area contributed by atoms with Crippen molar-refractivity contribution in [3.05, 3.63) is 80.6 Å². The number of non-ortho nitro benzene ring substituents is 1. The zero-order valence-electron chi connectivity index (χ0n) is 18.7. The van der Waals surface area contributed by atoms with Crippen LogP contribution in [0.25, 0.3) is 11.3 Å². The van der Waals surface area contributed by atoms with Crippen molar-refractivity contribution in [2.75, 3.05) is 31.1 Å². The topological polar surface area (TPSA) is 91.9 Å². The average Bonchev–Trinajstić information content (AvgIpc) is 3.31. The lowest BCUT2D eigenvalue weighted by Gasteiger charge is -2.37. The molecule has 0 saturated carbocycles. The first-order chi connectivity index (χ1) is 16.2. The largest absolute Gasteiger partial charge is 0.451 e. The zero-order valence-corrected chi connectivity index (χ0v) is 20.3. The highest BCUT2D eigenvalue weighted by molar-refractivity contribution is 7.80. The van der Waals surface area contributed by atoms with Gasteiger partial charge in [0.25, 0.3) is 11.6 Å². The van der Waals surface area contributed by atoms with Gasteiger partial charge in [0.15, 0.2) is 10.9 Å². The Kier molecular flexibility index (Phi) is 6.85. The van der Waals surface area contributed by atoms with E-state index in [-0.39, 0.29) is 11.4 Å². The van der Waals surface area contributed by atoms with E-state index in [2.05, 4.69) is 5.32 Å². The van der Waals surface area contributed by atoms with E-state index in [9.17, 15) is 14.9 Å². The maximum atomic E-state index is 12.7. The standard InChI is InChI=1S/C24H23ClN4O4S/c1-15-3-4-17(13-16(15)2)21-7-8-22(33-21)23(30)26-24(34)28-11-9-27(10-12-28)20-6-5-18(29(31)32)14-19(20)25/h3-8,13-14H,9-12H2,1-2H3,(H,26,30,34). The van der Waals surface area contributed by atoms with Crippen LogP contribution in [0.5, 0.6) is 0 Å². The van der Waals surface area contributed by atoms with Crippen molar-refractivity contribution in [2.24, 2.45) is 0 Å². The third kappa shape index (κ3) is 5.05. The second-order valence-electron chi connectivity index (χ2n) is 8.09. The number of rotatable bonds is 4. The Morgan fingerprint density at radius 1 is 1.06 bits per heavy atom. The molecule has 1 aliphatic heterocycles. The lowest BCUT2D eigenvalue weighted by molar-refractivity contribution is -0.384. The van der Waals surface area contributed by atoms with Crippen LogP contribution >= 0.6 is 23.8 Å². The molecular formula is C24H23ClN4O4S. The van der Waals surface area contributed by atoms with Crippen LogP contribution in [0.4, 0.5) is 11.4 Å². The maximum Gasteiger partial charge on any atom is 0.293 e. The minimum absolute atomic E-state index is 0.0464. The summed E-state index contributed by atoms with van der Waals surface area (Å²) in [6.45, 7) is 6.41. The summed E-state index contributed by atoms with van der Waals surface area (Å²) >= 11 is 11.7. The van der Waals surface area contributed by atoms with Crippen LogP contribution < -0.4 is 10.2 Å². The number of amides is 1. The fraction of sp³-hybridized carbons (Fsp3) is 0.250. The van der Waals surface area contributed by atoms with E-state index in [0.717, 1.165) is 16.8 Å². The Morgan fingerprint density at radius 2 is 1.79 bits per heavy atom. The van der Waals surface area contributed by atoms with Crippen molar-refractivity contribution >= 4 is 46.2 Å². The molecule has 1 aliphatic rings. The Labute approximate surface area is 207 Å². The molecule has 1 N–H and O–H groups in total. The first kappa shape index (κ1) is 23.7. The molecule has 0 aliphatic carbocycles. The molecule has 176 valence electrons. The molecule has 2 heterocycles. The monoisotopic (exact) mass is 498 g/mol. The number of piperazine rings is 1. The first-order valence-corrected chi connectivity index (χ1v) is 11.5. The smallest absolute Gasteiger partial charge is 0.293 e. The summed E-state index contributed by atoms with van der Waals surface area (Å²) in [6.07, 6.45) is 0. The molecule has 0 atom stereocenters. The Hall–Kier alpha value is -3.43. The summed E-state index contributed by atoms with van der Waals surface area (Å²) in [5, 5.41) is 14.3. The minimum Gasteiger partial charge on any atom is -0.451 e. The van der Waals surface area contributed by atoms with E-state index in [1.165, 1.54) is 17.7 Å². The zero-order chi connectivity index (χ0) is 24.4. The first-order valence-electron chi connectivity index (χ1n) is 10.7. The van der Waals surface area contributed by atoms with E-state index in [1.54, 1.807) is 18.2 Å². The summed E-state index contributed by atoms with van der Waals surface area (Å²) < 4.78 is 5.77. The van der Waals surface area contributed by atoms with Gasteiger partial charge in [0.2, 0.25) is 0 Å². The van der Waals surface area contributed by atoms with E-state index in [4.69, 9.17) is 28.2 Å². The molecule has 0 radical (unpaired) electrons. The van der Waals surface area contributed by atoms with Crippen molar-refractivity contribution < 1.29 is 14.1 Å². The Bertz CT molecular complexity index is 1270. The number of halogens is 1. The number of aryl methyl sites for hydroxylation is 2. The van der Waals surface area contributed by atoms with Crippen LogP contribution in [0.1, 0.15) is 21.7 Å². The number of hydrogen-bond donors (Lipinski definition) is 1. The van der Waals surface area contributed by atoms with Crippen molar-refractivity contribution in [3.63, 3.8) is 0 Å². The SMILES string of the molecule is Cc1ccc(-c2ccc(C(=O)NC(=S)N3CCN(c4ccc([N+](=O)[O-])cc4Cl)CC3)o2)cc1C. The maximum absolute atomic E-state index is 12.7. The van der Waals surface area contributed by atoms with Crippen LogP contribution in [-0.4, -0.2) is 47.0 Å². The minimum atomic E-state index is -0.474. The lowest BCUT2D eigenvalue weighted by atomic mass is 10.1. The number of benzene rings is 2. The van der Waals surface area contributed by atoms with Gasteiger partial charge in [-0.15, -0.1) is 0 Å². The molecule has 0 bridgehead atoms. The van der Waals surface area contributed by atoms with Gasteiger partial charge >= 0.3 is 0 Å². The molecular weight excluding hydrogens is 476 g/mol. The van der Waals surface area contributed by atoms with Crippen molar-refractivity contribution in [3.8, 4) is 11.3 Å². The fourth-order valence-corrected chi connectivity index (χ4v) is 4.33. The van der Waals surface area contributed by atoms with Crippen LogP contribution in [0.2, 0.25) is 5.02 Å². The van der Waals surface area contributed by atoms with Gasteiger partial charge in [-0.25, -0.2) is 0 Å². The molecule has 2 aromatic carbocycles. The fourth-order valence-electron chi connectivity index (χ4n) is 3.76. The number of nitrogens with zero attached hydrogens (tertiary/aromatic N) is 3. The predicted molar refractivity (Wildman–Crippen MR) is 136 cm³/mol. The summed E-state index contributed by atoms with van der Waals surface area (Å²) in [5.41, 5.74) is 3.93. The van der Waals surface area contributed by atoms with Gasteiger partial charge in [0, 0.05) is 43.9 Å². The number of hydrogen-bond acceptors (Lipinski definition) is 6. The van der Waals surface area contributed by atoms with Crippen LogP contribution in [-0.2, 0) is 0 Å². The van der Waals surface area contributed by atoms with E-state index in [0.29, 0.717) is 42.1 Å². The number of thiocarbonyl (C=S) groups is 1. The molecule has 3 aromatic rings. The van der Waals surface area contributed by atoms with Crippen LogP contribution in [0.3, 0.4) is 0 Å². The molecule has 8 nitrogen and oxygen atoms in total. The lowest BCUT2D eigenvalue weighted by Crippen LogP contribution is -2.52. The van der Waals surface area contributed by atoms with Crippen LogP contribution in [0, 0.1) is 24.0 Å². The molecule has 1 fully saturated rings. The van der Waals surface area contributed by atoms with Gasteiger partial charge in [-0.05, 0) is 61.5 Å². The Morgan fingerprint density at radius 3 is 2.44 bits per heavy atom. The van der Waals surface area contributed by atoms with Gasteiger partial charge in [-0.1, -0.05) is 23.7 Å². The summed E-state index contributed by atoms with van der Waals surface area (Å²) in [7, 11) is 0. The number of carbonyl (C=O) groups excluding carboxylic acids is 1. The highest BCUT2D eigenvalue weighted by Gasteiger charge is 2.23. The molecule has 1 amide bonds. The third-order valence-corrected chi connectivity index (χ3v) is 6.55. The van der Waals surface area contributed by atoms with Gasteiger partial charge in [0.05, 0.1) is 15.6 Å². The van der Waals surface area contributed by atoms with Crippen molar-refractivity contribution in [2.45, 2.75) is 13.8 Å². The number of furan rings is 1. The van der Waals surface area contributed by atoms with E-state index < -0.39 is 10.8 Å². The van der Waals surface area contributed by atoms with Crippen molar-refractivity contribution in [1.29, 1.82) is 0 Å². The number of nitro groups is 1. The van der Waals surface area contributed by atoms with Crippen LogP contribution in [0.15, 0.2) is 52.9 Å². The molecule has 1 saturated heterocycles. The second-order valence-corrected chi connectivity index (χ2v) is 8.88. The van der Waals surface area contributed by atoms with Gasteiger partial charge < -0.3 is 14.2 Å². The Balaban J connectivity index is 1.34. The summed E-state index contributed by atoms with van der Waals surface area (Å²) in [4.78, 5) is 27.1. The molecule has 4 rings (SSSR count). The quantitative estimate of drug-likeness (QED) is 0.308. The number of carbonyl (C=O) groups is 1. The molecule has 34 heavy (non-hydrogen) atoms. The molecule has 0 spiro atoms. The van der Waals surface area contributed by atoms with Gasteiger partial charge in [0.1, 0.15) is 5.76 Å². The number of anilines is 1. The summed E-state index contributed by atoms with van der Waals surface area (Å²) in [5.74, 6) is 0.403. The van der Waals surface area contributed by atoms with E-state index in [1.807, 2.05) is 41.8 Å². The molecule has 1 aromatic heterocycles. The van der Waals surface area contributed by atoms with Gasteiger partial charge in [-0.2, -0.15) is 0 Å². The molecule has 10 heteroatoms. The molecule has 0 unspecified atom stereocenters. The highest BCUT2D eigenvalue weighted by atomic mass is 35.5. The highest BCUT2D eigenvalue weighted by Crippen LogP contribution is 2.30. The predicted octanol–water partition coefficient (Wildman–Crippen LogP) is 4.96. The number of nitro benzene ring substituents is 1. The normalized spacial score (nSPS) is 13.6. The third-order valence-electron chi connectivity index (χ3n) is 5.89. The van der Waals surface area contributed by atoms with E-state index >= 15 is 0 Å².